The summed E-state index contributed by atoms with van der Waals surface area (Å²) in [7, 11) is 0. The second-order valence-corrected chi connectivity index (χ2v) is 9.15. The Balaban J connectivity index is 1.05. The van der Waals surface area contributed by atoms with Gasteiger partial charge in [0, 0.05) is 39.1 Å². The molecule has 2 aromatic carbocycles. The zero-order chi connectivity index (χ0) is 24.9. The third-order valence-corrected chi connectivity index (χ3v) is 6.73. The van der Waals surface area contributed by atoms with Crippen molar-refractivity contribution in [2.45, 2.75) is 25.4 Å². The van der Waals surface area contributed by atoms with Crippen molar-refractivity contribution in [3.8, 4) is 11.5 Å². The summed E-state index contributed by atoms with van der Waals surface area (Å²) in [6.07, 6.45) is 4.78. The summed E-state index contributed by atoms with van der Waals surface area (Å²) < 4.78 is 10.7. The molecule has 0 aliphatic carbocycles. The number of imide groups is 1. The van der Waals surface area contributed by atoms with Crippen molar-refractivity contribution in [1.29, 1.82) is 0 Å². The normalized spacial score (nSPS) is 19.8. The van der Waals surface area contributed by atoms with Gasteiger partial charge in [0.05, 0.1) is 6.54 Å². The maximum atomic E-state index is 12.8. The smallest absolute Gasteiger partial charge is 0.325 e. The number of ether oxygens (including phenoxy) is 2. The van der Waals surface area contributed by atoms with E-state index >= 15 is 0 Å². The van der Waals surface area contributed by atoms with Crippen molar-refractivity contribution in [2.75, 3.05) is 39.5 Å². The summed E-state index contributed by atoms with van der Waals surface area (Å²) in [5, 5.41) is 2.72. The number of carbonyl (C=O) groups is 3. The lowest BCUT2D eigenvalue weighted by Gasteiger charge is -2.34. The predicted molar refractivity (Wildman–Crippen MR) is 133 cm³/mol. The Morgan fingerprint density at radius 3 is 2.58 bits per heavy atom. The van der Waals surface area contributed by atoms with E-state index in [0.717, 1.165) is 25.2 Å². The van der Waals surface area contributed by atoms with Gasteiger partial charge in [-0.15, -0.1) is 0 Å². The monoisotopic (exact) mass is 490 g/mol. The molecule has 4 amide bonds. The summed E-state index contributed by atoms with van der Waals surface area (Å²) in [5.41, 5.74) is 1.95. The maximum Gasteiger partial charge on any atom is 0.325 e. The molecule has 0 spiro atoms. The first kappa shape index (κ1) is 23.9. The molecule has 2 aromatic rings. The number of fused-ring (bicyclic) bond motifs is 1. The lowest BCUT2D eigenvalue weighted by atomic mass is 10.1. The van der Waals surface area contributed by atoms with Gasteiger partial charge in [-0.1, -0.05) is 48.6 Å². The van der Waals surface area contributed by atoms with E-state index in [1.807, 2.05) is 29.2 Å². The van der Waals surface area contributed by atoms with Crippen LogP contribution in [0.15, 0.2) is 54.6 Å². The quantitative estimate of drug-likeness (QED) is 0.572. The fourth-order valence-electron chi connectivity index (χ4n) is 4.65. The van der Waals surface area contributed by atoms with Crippen LogP contribution in [0.25, 0.3) is 6.08 Å². The van der Waals surface area contributed by atoms with Crippen molar-refractivity contribution in [3.63, 3.8) is 0 Å². The highest BCUT2D eigenvalue weighted by Gasteiger charge is 2.38. The molecule has 1 atom stereocenters. The molecule has 0 aromatic heterocycles. The van der Waals surface area contributed by atoms with E-state index in [0.29, 0.717) is 31.0 Å². The molecule has 3 aliphatic heterocycles. The van der Waals surface area contributed by atoms with Crippen LogP contribution in [-0.4, -0.2) is 78.1 Å². The molecule has 0 bridgehead atoms. The van der Waals surface area contributed by atoms with Crippen molar-refractivity contribution in [1.82, 2.24) is 20.0 Å². The molecule has 9 nitrogen and oxygen atoms in total. The molecule has 1 N–H and O–H groups in total. The van der Waals surface area contributed by atoms with Crippen molar-refractivity contribution < 1.29 is 23.9 Å². The van der Waals surface area contributed by atoms with Crippen molar-refractivity contribution >= 4 is 23.9 Å². The Morgan fingerprint density at radius 2 is 1.78 bits per heavy atom. The molecular weight excluding hydrogens is 460 g/mol. The maximum absolute atomic E-state index is 12.8. The number of nitrogens with zero attached hydrogens (tertiary/aromatic N) is 3. The van der Waals surface area contributed by atoms with Crippen LogP contribution in [0.5, 0.6) is 11.5 Å². The lowest BCUT2D eigenvalue weighted by Crippen LogP contribution is -2.48. The number of hydrogen-bond donors (Lipinski definition) is 1. The Hall–Kier alpha value is -3.85. The minimum Gasteiger partial charge on any atom is -0.454 e. The predicted octanol–water partition coefficient (Wildman–Crippen LogP) is 2.47. The first-order chi connectivity index (χ1) is 17.6. The summed E-state index contributed by atoms with van der Waals surface area (Å²) in [6.45, 7) is 4.11. The Labute approximate surface area is 210 Å². The molecule has 3 heterocycles. The van der Waals surface area contributed by atoms with Gasteiger partial charge in [-0.2, -0.15) is 0 Å². The van der Waals surface area contributed by atoms with Gasteiger partial charge in [0.2, 0.25) is 12.7 Å². The number of nitrogens with one attached hydrogen (secondary N) is 1. The number of carbonyl (C=O) groups excluding carboxylic acids is 3. The molecule has 0 saturated carbocycles. The SMILES string of the molecule is O=C(CCC1NC(=O)N(Cc2ccc3c(c2)OCO3)C1=O)N1CCN(C/C=C/c2ccccc2)CC1. The van der Waals surface area contributed by atoms with Crippen molar-refractivity contribution in [2.24, 2.45) is 0 Å². The molecule has 188 valence electrons. The van der Waals surface area contributed by atoms with Gasteiger partial charge in [0.1, 0.15) is 6.04 Å². The first-order valence-corrected chi connectivity index (χ1v) is 12.3. The lowest BCUT2D eigenvalue weighted by molar-refractivity contribution is -0.133. The summed E-state index contributed by atoms with van der Waals surface area (Å²) >= 11 is 0. The van der Waals surface area contributed by atoms with Crippen LogP contribution in [0.1, 0.15) is 24.0 Å². The fraction of sp³-hybridized carbons (Fsp3) is 0.370. The molecule has 36 heavy (non-hydrogen) atoms. The van der Waals surface area contributed by atoms with E-state index in [4.69, 9.17) is 9.47 Å². The summed E-state index contributed by atoms with van der Waals surface area (Å²) in [6, 6.07) is 14.4. The molecular formula is C27H30N4O5. The molecule has 3 aliphatic rings. The molecule has 0 radical (unpaired) electrons. The first-order valence-electron chi connectivity index (χ1n) is 12.3. The molecule has 2 fully saturated rings. The van der Waals surface area contributed by atoms with Crippen LogP contribution in [0.3, 0.4) is 0 Å². The van der Waals surface area contributed by atoms with E-state index in [1.54, 1.807) is 12.1 Å². The van der Waals surface area contributed by atoms with Gasteiger partial charge in [0.25, 0.3) is 5.91 Å². The molecule has 1 unspecified atom stereocenters. The topological polar surface area (TPSA) is 91.4 Å². The van der Waals surface area contributed by atoms with Gasteiger partial charge in [-0.25, -0.2) is 4.79 Å². The minimum atomic E-state index is -0.681. The highest BCUT2D eigenvalue weighted by Crippen LogP contribution is 2.33. The fourth-order valence-corrected chi connectivity index (χ4v) is 4.65. The number of hydrogen-bond acceptors (Lipinski definition) is 6. The van der Waals surface area contributed by atoms with Gasteiger partial charge in [0.15, 0.2) is 11.5 Å². The van der Waals surface area contributed by atoms with Gasteiger partial charge >= 0.3 is 6.03 Å². The average Bonchev–Trinajstić information content (AvgIpc) is 3.48. The second kappa shape index (κ2) is 10.8. The Kier molecular flexibility index (Phi) is 7.18. The van der Waals surface area contributed by atoms with Crippen LogP contribution < -0.4 is 14.8 Å². The van der Waals surface area contributed by atoms with E-state index in [-0.39, 0.29) is 31.6 Å². The van der Waals surface area contributed by atoms with E-state index in [1.165, 1.54) is 10.5 Å². The van der Waals surface area contributed by atoms with E-state index in [9.17, 15) is 14.4 Å². The number of urea groups is 1. The highest BCUT2D eigenvalue weighted by molar-refractivity contribution is 6.04. The number of amides is 4. The zero-order valence-corrected chi connectivity index (χ0v) is 20.1. The Morgan fingerprint density at radius 1 is 1.00 bits per heavy atom. The largest absolute Gasteiger partial charge is 0.454 e. The number of piperazine rings is 1. The van der Waals surface area contributed by atoms with Crippen molar-refractivity contribution in [3.05, 3.63) is 65.7 Å². The average molecular weight is 491 g/mol. The summed E-state index contributed by atoms with van der Waals surface area (Å²) in [5.74, 6) is 0.970. The third-order valence-electron chi connectivity index (χ3n) is 6.73. The van der Waals surface area contributed by atoms with Crippen LogP contribution >= 0.6 is 0 Å². The standard InChI is InChI=1S/C27H30N4O5/c32-25(30-15-13-29(14-16-30)12-4-7-20-5-2-1-3-6-20)11-9-22-26(33)31(27(34)28-22)18-21-8-10-23-24(17-21)36-19-35-23/h1-8,10,17,22H,9,11-16,18-19H2,(H,28,34)/b7-4+. The Bertz CT molecular complexity index is 1140. The van der Waals surface area contributed by atoms with Crippen LogP contribution in [-0.2, 0) is 16.1 Å². The van der Waals surface area contributed by atoms with E-state index < -0.39 is 12.1 Å². The highest BCUT2D eigenvalue weighted by atomic mass is 16.7. The minimum absolute atomic E-state index is 0.0192. The summed E-state index contributed by atoms with van der Waals surface area (Å²) in [4.78, 5) is 43.4. The van der Waals surface area contributed by atoms with E-state index in [2.05, 4.69) is 34.5 Å². The van der Waals surface area contributed by atoms with Gasteiger partial charge in [-0.05, 0) is 29.7 Å². The molecule has 9 heteroatoms. The van der Waals surface area contributed by atoms with Crippen LogP contribution in [0.4, 0.5) is 4.79 Å². The van der Waals surface area contributed by atoms with Crippen LogP contribution in [0, 0.1) is 0 Å². The van der Waals surface area contributed by atoms with Gasteiger partial charge < -0.3 is 19.7 Å². The zero-order valence-electron chi connectivity index (χ0n) is 20.1. The second-order valence-electron chi connectivity index (χ2n) is 9.15. The number of rotatable bonds is 8. The molecule has 2 saturated heterocycles. The van der Waals surface area contributed by atoms with Gasteiger partial charge in [-0.3, -0.25) is 19.4 Å². The third kappa shape index (κ3) is 5.52. The van der Waals surface area contributed by atoms with Crippen LogP contribution in [0.2, 0.25) is 0 Å². The number of benzene rings is 2. The molecule has 5 rings (SSSR count).